The van der Waals surface area contributed by atoms with Gasteiger partial charge in [0.2, 0.25) is 0 Å². The van der Waals surface area contributed by atoms with E-state index >= 15 is 0 Å². The predicted octanol–water partition coefficient (Wildman–Crippen LogP) is 3.17. The largest absolute Gasteiger partial charge is 0.384 e. The Hall–Kier alpha value is -3.29. The van der Waals surface area contributed by atoms with E-state index in [1.165, 1.54) is 0 Å². The lowest BCUT2D eigenvalue weighted by molar-refractivity contribution is 0.0950. The van der Waals surface area contributed by atoms with Crippen LogP contribution in [0.15, 0.2) is 64.3 Å². The third kappa shape index (κ3) is 6.60. The summed E-state index contributed by atoms with van der Waals surface area (Å²) >= 11 is 6.07. The van der Waals surface area contributed by atoms with Gasteiger partial charge in [0.15, 0.2) is 0 Å². The number of anilines is 1. The lowest BCUT2D eigenvalue weighted by Crippen LogP contribution is -2.24. The summed E-state index contributed by atoms with van der Waals surface area (Å²) < 4.78 is 0. The zero-order valence-corrected chi connectivity index (χ0v) is 18.9. The number of nitrogens with zero attached hydrogens (tertiary/aromatic N) is 3. The molecule has 7 nitrogen and oxygen atoms in total. The average Bonchev–Trinajstić information content (AvgIpc) is 2.72. The van der Waals surface area contributed by atoms with E-state index in [0.29, 0.717) is 35.9 Å². The molecule has 1 unspecified atom stereocenters. The van der Waals surface area contributed by atoms with Crippen LogP contribution in [0, 0.1) is 13.8 Å². The maximum atomic E-state index is 12.8. The number of hydrogen-bond donors (Lipinski definition) is 3. The van der Waals surface area contributed by atoms with Crippen molar-refractivity contribution in [1.82, 2.24) is 15.3 Å². The standard InChI is InChI=1S/C24H27ClN6O/c1-15-8-23(27)31-16(2)22(15)14-30-24(32)18-6-7-29-21(11-18)10-17-4-3-5-19(25)12-28-13-20(26)9-17/h3-9,11-12,20H,10,13-14,26H2,1-2H3,(H2,27,31)(H,30,32)/b4-3+,17-9+,19-5-,28-12-. The number of carbonyl (C=O) groups excluding carboxylic acids is 1. The first-order valence-electron chi connectivity index (χ1n) is 10.3. The van der Waals surface area contributed by atoms with Crippen LogP contribution in [0.1, 0.15) is 32.9 Å². The second-order valence-corrected chi connectivity index (χ2v) is 8.07. The molecule has 1 atom stereocenters. The highest BCUT2D eigenvalue weighted by molar-refractivity contribution is 6.39. The molecular weight excluding hydrogens is 424 g/mol. The van der Waals surface area contributed by atoms with E-state index in [0.717, 1.165) is 28.1 Å². The molecule has 0 saturated heterocycles. The van der Waals surface area contributed by atoms with Gasteiger partial charge in [-0.3, -0.25) is 14.8 Å². The molecule has 1 amide bonds. The Morgan fingerprint density at radius 3 is 2.91 bits per heavy atom. The Balaban J connectivity index is 1.72. The summed E-state index contributed by atoms with van der Waals surface area (Å²) in [6.45, 7) is 4.65. The highest BCUT2D eigenvalue weighted by Gasteiger charge is 2.11. The number of pyridine rings is 2. The summed E-state index contributed by atoms with van der Waals surface area (Å²) in [7, 11) is 0. The highest BCUT2D eigenvalue weighted by atomic mass is 35.5. The van der Waals surface area contributed by atoms with Gasteiger partial charge in [0.05, 0.1) is 11.6 Å². The maximum Gasteiger partial charge on any atom is 0.251 e. The van der Waals surface area contributed by atoms with E-state index in [-0.39, 0.29) is 11.9 Å². The van der Waals surface area contributed by atoms with Gasteiger partial charge in [-0.05, 0) is 54.8 Å². The molecule has 0 aromatic carbocycles. The molecule has 0 spiro atoms. The summed E-state index contributed by atoms with van der Waals surface area (Å²) in [6, 6.07) is 5.05. The third-order valence-electron chi connectivity index (χ3n) is 4.99. The maximum absolute atomic E-state index is 12.8. The van der Waals surface area contributed by atoms with Crippen molar-refractivity contribution in [1.29, 1.82) is 0 Å². The lowest BCUT2D eigenvalue weighted by Gasteiger charge is -2.12. The van der Waals surface area contributed by atoms with E-state index in [1.807, 2.05) is 32.1 Å². The van der Waals surface area contributed by atoms with Gasteiger partial charge in [-0.15, -0.1) is 0 Å². The molecule has 8 heteroatoms. The normalized spacial score (nSPS) is 21.6. The van der Waals surface area contributed by atoms with E-state index in [2.05, 4.69) is 20.3 Å². The number of nitrogen functional groups attached to an aromatic ring is 1. The van der Waals surface area contributed by atoms with Crippen molar-refractivity contribution < 1.29 is 4.79 Å². The third-order valence-corrected chi connectivity index (χ3v) is 5.21. The number of hydrogen-bond acceptors (Lipinski definition) is 6. The lowest BCUT2D eigenvalue weighted by atomic mass is 10.0. The Morgan fingerprint density at radius 2 is 2.12 bits per heavy atom. The number of rotatable bonds is 5. The van der Waals surface area contributed by atoms with Gasteiger partial charge >= 0.3 is 0 Å². The second-order valence-electron chi connectivity index (χ2n) is 7.63. The Bertz CT molecular complexity index is 1100. The molecule has 1 aliphatic heterocycles. The van der Waals surface area contributed by atoms with Crippen LogP contribution >= 0.6 is 11.6 Å². The van der Waals surface area contributed by atoms with Crippen molar-refractivity contribution in [3.05, 3.63) is 87.4 Å². The number of halogens is 1. The first kappa shape index (κ1) is 23.4. The monoisotopic (exact) mass is 450 g/mol. The van der Waals surface area contributed by atoms with Gasteiger partial charge < -0.3 is 16.8 Å². The van der Waals surface area contributed by atoms with Crippen LogP contribution in [0.5, 0.6) is 0 Å². The van der Waals surface area contributed by atoms with Crippen LogP contribution in [-0.4, -0.2) is 34.7 Å². The van der Waals surface area contributed by atoms with Crippen LogP contribution in [0.2, 0.25) is 0 Å². The highest BCUT2D eigenvalue weighted by Crippen LogP contribution is 2.15. The van der Waals surface area contributed by atoms with Gasteiger partial charge in [0, 0.05) is 48.4 Å². The number of nitrogens with two attached hydrogens (primary N) is 2. The fourth-order valence-electron chi connectivity index (χ4n) is 3.42. The number of aromatic nitrogens is 2. The Morgan fingerprint density at radius 1 is 1.31 bits per heavy atom. The zero-order valence-electron chi connectivity index (χ0n) is 18.2. The van der Waals surface area contributed by atoms with Crippen LogP contribution in [0.4, 0.5) is 5.82 Å². The van der Waals surface area contributed by atoms with Gasteiger partial charge in [-0.1, -0.05) is 29.8 Å². The zero-order chi connectivity index (χ0) is 23.1. The average molecular weight is 451 g/mol. The molecule has 0 fully saturated rings. The fourth-order valence-corrected chi connectivity index (χ4v) is 3.56. The second kappa shape index (κ2) is 10.8. The molecule has 0 radical (unpaired) electrons. The molecule has 3 heterocycles. The minimum Gasteiger partial charge on any atom is -0.384 e. The molecule has 3 rings (SSSR count). The van der Waals surface area contributed by atoms with Crippen LogP contribution < -0.4 is 16.8 Å². The molecule has 1 aliphatic rings. The molecule has 0 saturated carbocycles. The molecule has 0 aliphatic carbocycles. The SMILES string of the molecule is Cc1cc(N)nc(C)c1CNC(=O)c1ccnc(CC2=C\C(N)C\N=C/C(Cl)=C/C=C/2)c1. The number of amides is 1. The number of aryl methyl sites for hydroxylation is 2. The van der Waals surface area contributed by atoms with Gasteiger partial charge in [-0.25, -0.2) is 4.98 Å². The quantitative estimate of drug-likeness (QED) is 0.646. The van der Waals surface area contributed by atoms with Crippen LogP contribution in [-0.2, 0) is 13.0 Å². The number of carbonyl (C=O) groups is 1. The number of nitrogens with one attached hydrogen (secondary N) is 1. The molecule has 0 bridgehead atoms. The van der Waals surface area contributed by atoms with Crippen molar-refractivity contribution in [2.75, 3.05) is 12.3 Å². The molecule has 166 valence electrons. The van der Waals surface area contributed by atoms with E-state index in [4.69, 9.17) is 23.1 Å². The topological polar surface area (TPSA) is 119 Å². The molecule has 2 aromatic rings. The molecular formula is C24H27ClN6O. The van der Waals surface area contributed by atoms with Crippen LogP contribution in [0.25, 0.3) is 0 Å². The first-order chi connectivity index (χ1) is 15.3. The van der Waals surface area contributed by atoms with Crippen molar-refractivity contribution in [3.8, 4) is 0 Å². The summed E-state index contributed by atoms with van der Waals surface area (Å²) in [4.78, 5) is 25.7. The first-order valence-corrected chi connectivity index (χ1v) is 10.7. The Kier molecular flexibility index (Phi) is 7.92. The van der Waals surface area contributed by atoms with Crippen molar-refractivity contribution in [3.63, 3.8) is 0 Å². The van der Waals surface area contributed by atoms with Gasteiger partial charge in [0.1, 0.15) is 5.82 Å². The summed E-state index contributed by atoms with van der Waals surface area (Å²) in [5.74, 6) is 0.294. The van der Waals surface area contributed by atoms with Crippen molar-refractivity contribution >= 4 is 29.5 Å². The van der Waals surface area contributed by atoms with E-state index in [1.54, 1.807) is 36.7 Å². The number of aliphatic imine (C=N–C) groups is 1. The van der Waals surface area contributed by atoms with E-state index < -0.39 is 0 Å². The minimum absolute atomic E-state index is 0.180. The Labute approximate surface area is 193 Å². The predicted molar refractivity (Wildman–Crippen MR) is 130 cm³/mol. The van der Waals surface area contributed by atoms with Crippen molar-refractivity contribution in [2.45, 2.75) is 32.9 Å². The van der Waals surface area contributed by atoms with Crippen LogP contribution in [0.3, 0.4) is 0 Å². The van der Waals surface area contributed by atoms with Gasteiger partial charge in [0.25, 0.3) is 5.91 Å². The van der Waals surface area contributed by atoms with Gasteiger partial charge in [-0.2, -0.15) is 0 Å². The molecule has 2 aromatic heterocycles. The summed E-state index contributed by atoms with van der Waals surface area (Å²) in [5, 5.41) is 3.49. The molecule has 5 N–H and O–H groups in total. The van der Waals surface area contributed by atoms with E-state index in [9.17, 15) is 4.79 Å². The summed E-state index contributed by atoms with van der Waals surface area (Å²) in [5.41, 5.74) is 17.0. The summed E-state index contributed by atoms with van der Waals surface area (Å²) in [6.07, 6.45) is 11.3. The minimum atomic E-state index is -0.236. The fraction of sp³-hybridized carbons (Fsp3) is 0.250. The molecule has 32 heavy (non-hydrogen) atoms. The smallest absolute Gasteiger partial charge is 0.251 e. The van der Waals surface area contributed by atoms with Crippen molar-refractivity contribution in [2.24, 2.45) is 10.7 Å². The number of allylic oxidation sites excluding steroid dienone is 5.